The van der Waals surface area contributed by atoms with Crippen molar-refractivity contribution in [3.8, 4) is 95.5 Å². The van der Waals surface area contributed by atoms with E-state index in [4.69, 9.17) is 4.98 Å². The fourth-order valence-corrected chi connectivity index (χ4v) is 14.3. The lowest BCUT2D eigenvalue weighted by atomic mass is 9.68. The van der Waals surface area contributed by atoms with Crippen molar-refractivity contribution in [1.82, 2.24) is 14.1 Å². The molecule has 2 aliphatic carbocycles. The Balaban J connectivity index is 1.02. The van der Waals surface area contributed by atoms with Crippen LogP contribution in [-0.4, -0.2) is 14.1 Å². The summed E-state index contributed by atoms with van der Waals surface area (Å²) >= 11 is 0. The maximum absolute atomic E-state index is 12.0. The third kappa shape index (κ3) is 6.83. The van der Waals surface area contributed by atoms with Crippen molar-refractivity contribution in [2.45, 2.75) is 5.41 Å². The lowest BCUT2D eigenvalue weighted by molar-refractivity contribution is 0.793. The van der Waals surface area contributed by atoms with E-state index in [1.165, 1.54) is 33.4 Å². The van der Waals surface area contributed by atoms with Crippen molar-refractivity contribution in [3.05, 3.63) is 319 Å². The summed E-state index contributed by atoms with van der Waals surface area (Å²) in [4.78, 5) is 5.28. The molecule has 17 rings (SSSR count). The molecule has 83 heavy (non-hydrogen) atoms. The number of hydrogen-bond acceptors (Lipinski definition) is 2. The molecule has 15 aromatic rings. The van der Waals surface area contributed by atoms with Gasteiger partial charge in [0.1, 0.15) is 6.07 Å². The van der Waals surface area contributed by atoms with Gasteiger partial charge in [0, 0.05) is 38.9 Å². The van der Waals surface area contributed by atoms with Gasteiger partial charge >= 0.3 is 0 Å². The van der Waals surface area contributed by atoms with Crippen LogP contribution in [0.3, 0.4) is 0 Å². The number of pyridine rings is 1. The molecule has 0 saturated heterocycles. The number of hydrogen-bond donors (Lipinski definition) is 0. The van der Waals surface area contributed by atoms with Gasteiger partial charge in [-0.2, -0.15) is 5.26 Å². The molecule has 384 valence electrons. The van der Waals surface area contributed by atoms with Gasteiger partial charge in [-0.25, -0.2) is 0 Å². The maximum Gasteiger partial charge on any atom is 0.101 e. The molecule has 0 N–H and O–H groups in total. The Morgan fingerprint density at radius 1 is 0.301 bits per heavy atom. The molecule has 0 saturated carbocycles. The third-order valence-electron chi connectivity index (χ3n) is 17.8. The highest BCUT2D eigenvalue weighted by molar-refractivity contribution is 6.14. The molecule has 0 aliphatic heterocycles. The number of nitrogens with zero attached hydrogens (tertiary/aromatic N) is 4. The topological polar surface area (TPSA) is 46.5 Å². The third-order valence-corrected chi connectivity index (χ3v) is 17.8. The van der Waals surface area contributed by atoms with Gasteiger partial charge in [0.05, 0.1) is 50.1 Å². The van der Waals surface area contributed by atoms with Gasteiger partial charge in [-0.3, -0.25) is 4.98 Å². The van der Waals surface area contributed by atoms with Gasteiger partial charge in [-0.15, -0.1) is 0 Å². The van der Waals surface area contributed by atoms with Crippen molar-refractivity contribution in [3.63, 3.8) is 0 Å². The highest BCUT2D eigenvalue weighted by Crippen LogP contribution is 2.64. The molecule has 0 unspecified atom stereocenters. The Bertz CT molecular complexity index is 4940. The van der Waals surface area contributed by atoms with Crippen LogP contribution in [-0.2, 0) is 5.41 Å². The zero-order valence-corrected chi connectivity index (χ0v) is 45.0. The predicted molar refractivity (Wildman–Crippen MR) is 341 cm³/mol. The fourth-order valence-electron chi connectivity index (χ4n) is 14.3. The monoisotopic (exact) mass is 1050 g/mol. The van der Waals surface area contributed by atoms with Gasteiger partial charge in [-0.05, 0) is 150 Å². The van der Waals surface area contributed by atoms with Gasteiger partial charge in [0.15, 0.2) is 0 Å². The van der Waals surface area contributed by atoms with Crippen LogP contribution in [0, 0.1) is 11.3 Å². The zero-order chi connectivity index (χ0) is 54.8. The van der Waals surface area contributed by atoms with E-state index >= 15 is 0 Å². The standard InChI is InChI=1S/C79H48N4/c80-49-58-47-76(83-73-40-36-56(52-23-9-3-10-24-52)45-65(73)66-46-57(37-41-74(66)83)53-25-11-4-12-26-53)67(61-29-17-30-62-77(61)79(70-33-18-42-81-78(62)70)68-31-15-13-27-59(68)60-28-14-16-32-69(60)79)48-75(58)82-71-38-34-54(50-19-5-1-6-20-50)43-63(71)64-44-55(35-39-72(64)82)51-21-7-2-8-22-51/h1-48H. The minimum absolute atomic E-state index is 0.558. The van der Waals surface area contributed by atoms with Crippen LogP contribution in [0.2, 0.25) is 0 Å². The number of nitriles is 1. The van der Waals surface area contributed by atoms with Gasteiger partial charge in [-0.1, -0.05) is 218 Å². The molecular formula is C79H48N4. The minimum Gasteiger partial charge on any atom is -0.309 e. The zero-order valence-electron chi connectivity index (χ0n) is 45.0. The van der Waals surface area contributed by atoms with Crippen molar-refractivity contribution >= 4 is 43.6 Å². The second-order valence-corrected chi connectivity index (χ2v) is 22.0. The summed E-state index contributed by atoms with van der Waals surface area (Å²) in [7, 11) is 0. The lowest BCUT2D eigenvalue weighted by Gasteiger charge is -2.32. The van der Waals surface area contributed by atoms with E-state index in [2.05, 4.69) is 300 Å². The highest BCUT2D eigenvalue weighted by atomic mass is 15.0. The van der Waals surface area contributed by atoms with Crippen LogP contribution >= 0.6 is 0 Å². The number of benzene rings is 12. The second kappa shape index (κ2) is 18.2. The Morgan fingerprint density at radius 3 is 1.13 bits per heavy atom. The summed E-state index contributed by atoms with van der Waals surface area (Å²) in [5, 5.41) is 16.4. The molecule has 0 fully saturated rings. The van der Waals surface area contributed by atoms with Crippen molar-refractivity contribution < 1.29 is 0 Å². The van der Waals surface area contributed by atoms with Gasteiger partial charge < -0.3 is 9.13 Å². The summed E-state index contributed by atoms with van der Waals surface area (Å²) in [6, 6.07) is 106. The normalized spacial score (nSPS) is 12.7. The SMILES string of the molecule is N#Cc1cc(-n2c3ccc(-c4ccccc4)cc3c3cc(-c4ccccc4)ccc32)c(-c2cccc3c2C2(c4ccccc4-c4ccccc42)c2cccnc2-3)cc1-n1c2ccc(-c3ccccc3)cc2c2cc(-c3ccccc3)ccc21. The molecule has 0 atom stereocenters. The first-order valence-corrected chi connectivity index (χ1v) is 28.4. The smallest absolute Gasteiger partial charge is 0.101 e. The van der Waals surface area contributed by atoms with Crippen LogP contribution < -0.4 is 0 Å². The Hall–Kier alpha value is -11.1. The largest absolute Gasteiger partial charge is 0.309 e. The van der Waals surface area contributed by atoms with Gasteiger partial charge in [0.2, 0.25) is 0 Å². The minimum atomic E-state index is -0.710. The number of rotatable bonds is 7. The maximum atomic E-state index is 12.0. The predicted octanol–water partition coefficient (Wildman–Crippen LogP) is 19.8. The summed E-state index contributed by atoms with van der Waals surface area (Å²) in [5.74, 6) is 0. The molecule has 1 spiro atoms. The molecule has 3 heterocycles. The Labute approximate surface area is 480 Å². The Kier molecular flexibility index (Phi) is 10.3. The molecule has 12 aromatic carbocycles. The molecule has 3 aromatic heterocycles. The van der Waals surface area contributed by atoms with Crippen molar-refractivity contribution in [2.24, 2.45) is 0 Å². The lowest BCUT2D eigenvalue weighted by Crippen LogP contribution is -2.26. The molecule has 0 amide bonds. The van der Waals surface area contributed by atoms with E-state index in [1.807, 2.05) is 6.20 Å². The summed E-state index contributed by atoms with van der Waals surface area (Å²) in [6.07, 6.45) is 1.94. The molecule has 0 radical (unpaired) electrons. The first kappa shape index (κ1) is 46.8. The van der Waals surface area contributed by atoms with E-state index in [1.54, 1.807) is 0 Å². The van der Waals surface area contributed by atoms with Crippen LogP contribution in [0.1, 0.15) is 27.8 Å². The van der Waals surface area contributed by atoms with Crippen LogP contribution in [0.4, 0.5) is 0 Å². The number of fused-ring (bicyclic) bond motifs is 16. The molecule has 0 bridgehead atoms. The summed E-state index contributed by atoms with van der Waals surface area (Å²) < 4.78 is 4.78. The second-order valence-electron chi connectivity index (χ2n) is 22.0. The Morgan fingerprint density at radius 2 is 0.687 bits per heavy atom. The van der Waals surface area contributed by atoms with E-state index in [-0.39, 0.29) is 0 Å². The average Bonchev–Trinajstić information content (AvgIpc) is 1.57. The molecule has 4 nitrogen and oxygen atoms in total. The number of aromatic nitrogens is 3. The average molecular weight is 1050 g/mol. The molecule has 4 heteroatoms. The summed E-state index contributed by atoms with van der Waals surface area (Å²) in [5.41, 5.74) is 26.3. The summed E-state index contributed by atoms with van der Waals surface area (Å²) in [6.45, 7) is 0. The molecule has 2 aliphatic rings. The van der Waals surface area contributed by atoms with E-state index in [0.29, 0.717) is 5.56 Å². The first-order valence-electron chi connectivity index (χ1n) is 28.4. The highest BCUT2D eigenvalue weighted by Gasteiger charge is 2.53. The fraction of sp³-hybridized carbons (Fsp3) is 0.0127. The van der Waals surface area contributed by atoms with Crippen LogP contribution in [0.5, 0.6) is 0 Å². The van der Waals surface area contributed by atoms with Crippen LogP contribution in [0.25, 0.3) is 133 Å². The molecular weight excluding hydrogens is 1000 g/mol. The first-order chi connectivity index (χ1) is 41.1. The van der Waals surface area contributed by atoms with Crippen molar-refractivity contribution in [1.29, 1.82) is 5.26 Å². The van der Waals surface area contributed by atoms with E-state index in [9.17, 15) is 5.26 Å². The van der Waals surface area contributed by atoms with E-state index < -0.39 is 5.41 Å². The quantitative estimate of drug-likeness (QED) is 0.160. The van der Waals surface area contributed by atoms with E-state index in [0.717, 1.165) is 122 Å². The van der Waals surface area contributed by atoms with Crippen molar-refractivity contribution in [2.75, 3.05) is 0 Å². The van der Waals surface area contributed by atoms with Gasteiger partial charge in [0.25, 0.3) is 0 Å². The van der Waals surface area contributed by atoms with Crippen LogP contribution in [0.15, 0.2) is 291 Å².